The number of methoxy groups -OCH3 is 2. The van der Waals surface area contributed by atoms with Crippen molar-refractivity contribution in [1.82, 2.24) is 28.7 Å². The van der Waals surface area contributed by atoms with Crippen LogP contribution >= 0.6 is 23.5 Å². The minimum absolute atomic E-state index is 0.0119. The molecule has 2 aliphatic rings. The van der Waals surface area contributed by atoms with Crippen molar-refractivity contribution in [3.8, 4) is 22.3 Å². The minimum atomic E-state index is -5.35. The van der Waals surface area contributed by atoms with Gasteiger partial charge in [-0.15, -0.1) is 23.5 Å². The van der Waals surface area contributed by atoms with Crippen LogP contribution in [0, 0.1) is 30.2 Å². The fourth-order valence-corrected chi connectivity index (χ4v) is 14.0. The van der Waals surface area contributed by atoms with Gasteiger partial charge in [0.1, 0.15) is 13.1 Å². The van der Waals surface area contributed by atoms with Crippen LogP contribution in [-0.2, 0) is 69.1 Å². The maximum absolute atomic E-state index is 15.3. The van der Waals surface area contributed by atoms with Crippen molar-refractivity contribution in [2.24, 2.45) is 0 Å². The highest BCUT2D eigenvalue weighted by Crippen LogP contribution is 2.36. The van der Waals surface area contributed by atoms with Gasteiger partial charge in [-0.05, 0) is 127 Å². The molecule has 0 atom stereocenters. The molecule has 2 amide bonds. The first-order valence-electron chi connectivity index (χ1n) is 42.2. The molecule has 0 radical (unpaired) electrons. The monoisotopic (exact) mass is 1500 g/mol. The molecule has 2 fully saturated rings. The summed E-state index contributed by atoms with van der Waals surface area (Å²) in [6, 6.07) is 7.76. The van der Waals surface area contributed by atoms with Gasteiger partial charge in [0, 0.05) is 124 Å². The van der Waals surface area contributed by atoms with E-state index in [2.05, 4.69) is 0 Å². The highest BCUT2D eigenvalue weighted by Gasteiger charge is 2.34. The third kappa shape index (κ3) is 19.5. The van der Waals surface area contributed by atoms with Crippen LogP contribution in [0.1, 0.15) is 90.7 Å². The van der Waals surface area contributed by atoms with E-state index in [0.29, 0.717) is 64.7 Å². The van der Waals surface area contributed by atoms with Crippen LogP contribution in [0.3, 0.4) is 0 Å². The number of nitrogens with zero attached hydrogens (tertiary/aromatic N) is 6. The smallest absolute Gasteiger partial charge is 0.383 e. The van der Waals surface area contributed by atoms with Gasteiger partial charge < -0.3 is 38.2 Å². The highest BCUT2D eigenvalue weighted by molar-refractivity contribution is 7.98. The molecule has 4 heterocycles. The molecule has 0 saturated carbocycles. The lowest BCUT2D eigenvalue weighted by molar-refractivity contribution is -0.138. The number of amides is 2. The number of benzene rings is 8. The number of thioether (sulfide) groups is 2. The summed E-state index contributed by atoms with van der Waals surface area (Å²) in [7, 11) is 2.48. The van der Waals surface area contributed by atoms with E-state index in [1.54, 1.807) is 50.8 Å². The Kier molecular flexibility index (Phi) is 18.4. The topological polar surface area (TPSA) is 110 Å². The first-order chi connectivity index (χ1) is 58.1. The second-order valence-electron chi connectivity index (χ2n) is 24.4. The second kappa shape index (κ2) is 34.9. The standard InChI is InChI=1S/C41H40F5N3O3S.C40H38F5N3O3S/c1-27-6-15-36-34(22-27)37(50)23-39(53-26-31-4-3-5-35(42)40(31)43)49(36)25-38(51)48(33-16-18-47(19-17-33)20-21-52-2)24-28-7-9-29(10-8-28)30-11-13-32(14-12-30)41(44,45)46;1-51-22-21-46-19-17-32(18-20-46)47(24-27-9-11-28(12-10-27)29-13-15-31(16-14-29)40(43,44)45)37(50)25-48-35-8-3-2-6-33(35)36(49)23-38(48)52-26-30-5-4-7-34(41)39(30)42/h3-15,22-23,33H,16-21,24-26H2,1-2H3;2-16,23,32H,17-22,24-26H2,1H3/i3D,4D,5D,6D,7D,8D,9D,10D,11D,12D,13D,14D,15D,21D2,22D,23D;22D2. The van der Waals surface area contributed by atoms with Crippen LogP contribution in [-0.4, -0.2) is 119 Å². The first kappa shape index (κ1) is 55.4. The van der Waals surface area contributed by atoms with E-state index in [1.165, 1.54) is 44.4 Å². The Balaban J connectivity index is 0.000000249. The van der Waals surface area contributed by atoms with E-state index in [1.807, 2.05) is 17.0 Å². The maximum atomic E-state index is 15.3. The molecule has 0 aliphatic carbocycles. The molecule has 550 valence electrons. The molecule has 2 saturated heterocycles. The highest BCUT2D eigenvalue weighted by atomic mass is 32.2. The predicted octanol–water partition coefficient (Wildman–Crippen LogP) is 17.1. The molecule has 0 unspecified atom stereocenters. The van der Waals surface area contributed by atoms with Crippen molar-refractivity contribution in [1.29, 1.82) is 0 Å². The largest absolute Gasteiger partial charge is 0.416 e. The number of para-hydroxylation sites is 1. The van der Waals surface area contributed by atoms with Crippen LogP contribution in [0.25, 0.3) is 44.1 Å². The van der Waals surface area contributed by atoms with Crippen LogP contribution in [0.5, 0.6) is 0 Å². The number of hydrogen-bond acceptors (Lipinski definition) is 10. The number of pyridine rings is 2. The van der Waals surface area contributed by atoms with Crippen molar-refractivity contribution in [2.45, 2.75) is 105 Å². The quantitative estimate of drug-likeness (QED) is 0.0428. The Bertz CT molecular complexity index is 5840. The molecule has 0 spiro atoms. The molecule has 12 rings (SSSR count). The molecule has 10 aromatic rings. The average Bonchev–Trinajstić information content (AvgIpc) is 0.734. The van der Waals surface area contributed by atoms with Gasteiger partial charge in [0.2, 0.25) is 11.8 Å². The predicted molar refractivity (Wildman–Crippen MR) is 391 cm³/mol. The normalized spacial score (nSPS) is 17.0. The number of hydrogen-bond donors (Lipinski definition) is 0. The Morgan fingerprint density at radius 1 is 0.524 bits per heavy atom. The second-order valence-corrected chi connectivity index (χ2v) is 26.4. The zero-order valence-electron chi connectivity index (χ0n) is 75.4. The van der Waals surface area contributed by atoms with Gasteiger partial charge in [0.05, 0.1) is 71.4 Å². The summed E-state index contributed by atoms with van der Waals surface area (Å²) in [5, 5.41) is -0.291. The number of fused-ring (bicyclic) bond motifs is 2. The molecular formula is C81H78F10N6O6S2. The number of ether oxygens (including phenoxy) is 2. The van der Waals surface area contributed by atoms with Gasteiger partial charge in [-0.25, -0.2) is 17.6 Å². The number of alkyl halides is 6. The number of carbonyl (C=O) groups excluding carboxylic acids is 2. The summed E-state index contributed by atoms with van der Waals surface area (Å²) in [5.74, 6) is -7.44. The Morgan fingerprint density at radius 2 is 1.05 bits per heavy atom. The Morgan fingerprint density at radius 3 is 1.63 bits per heavy atom. The molecule has 2 aliphatic heterocycles. The molecule has 8 aromatic carbocycles. The minimum Gasteiger partial charge on any atom is -0.383 e. The molecule has 2 aromatic heterocycles. The number of rotatable bonds is 24. The van der Waals surface area contributed by atoms with E-state index in [4.69, 9.17) is 35.5 Å². The number of likely N-dealkylation sites (tertiary alicyclic amines) is 2. The summed E-state index contributed by atoms with van der Waals surface area (Å²) in [4.78, 5) is 63.2. The zero-order chi connectivity index (χ0) is 91.2. The summed E-state index contributed by atoms with van der Waals surface area (Å²) < 4.78 is 312. The van der Waals surface area contributed by atoms with E-state index < -0.39 is 225 Å². The number of aromatic nitrogens is 2. The fraction of sp³-hybridized carbons (Fsp3) is 0.309. The SMILES string of the molecule is [2H]C([2H])(CN1CCC(N(Cc2ccc(-c3ccc(C(F)(F)F)cc3)cc2)C(=O)Cn2c(SCc3cccc(F)c3F)cc(=O)c3ccccc32)CC1)OC.[2H]c1c([2H])c(F)c(F)c(CSc2c([2H])c(=O)c3c([2H])c(C)c([2H])c([2H])c3n2CC(=O)N(Cc2c([2H])c([2H])c(-c3c([2H])c([2H])c(C(F)(F)F)c([2H])c3[2H])c([2H])c2[2H])C2CCN(CC([2H])([2H])OC)CC2)c1[2H]. The van der Waals surface area contributed by atoms with Crippen LogP contribution in [0.4, 0.5) is 43.9 Å². The Hall–Kier alpha value is -9.04. The van der Waals surface area contributed by atoms with Gasteiger partial charge in [-0.2, -0.15) is 26.3 Å². The van der Waals surface area contributed by atoms with Gasteiger partial charge in [0.25, 0.3) is 0 Å². The Labute approximate surface area is 636 Å². The van der Waals surface area contributed by atoms with Crippen LogP contribution < -0.4 is 10.9 Å². The van der Waals surface area contributed by atoms with Crippen molar-refractivity contribution >= 4 is 57.1 Å². The first-order valence-corrected chi connectivity index (χ1v) is 34.7. The number of piperidine rings is 2. The molecule has 0 N–H and O–H groups in total. The maximum Gasteiger partial charge on any atom is 0.416 e. The summed E-state index contributed by atoms with van der Waals surface area (Å²) in [6.45, 7) is -3.29. The third-order valence-corrected chi connectivity index (χ3v) is 19.7. The van der Waals surface area contributed by atoms with Crippen molar-refractivity contribution < 1.29 is 89.0 Å². The van der Waals surface area contributed by atoms with Gasteiger partial charge >= 0.3 is 12.4 Å². The lowest BCUT2D eigenvalue weighted by atomic mass is 10.00. The lowest BCUT2D eigenvalue weighted by Crippen LogP contribution is -2.48. The summed E-state index contributed by atoms with van der Waals surface area (Å²) in [5.41, 5.74) is -5.18. The van der Waals surface area contributed by atoms with E-state index in [-0.39, 0.29) is 86.4 Å². The molecule has 0 bridgehead atoms. The van der Waals surface area contributed by atoms with E-state index in [9.17, 15) is 53.9 Å². The zero-order valence-corrected chi connectivity index (χ0v) is 58.1. The van der Waals surface area contributed by atoms with Gasteiger partial charge in [-0.1, -0.05) is 121 Å². The van der Waals surface area contributed by atoms with Crippen LogP contribution in [0.15, 0.2) is 207 Å². The molecule has 12 nitrogen and oxygen atoms in total. The molecule has 24 heteroatoms. The lowest BCUT2D eigenvalue weighted by Gasteiger charge is -2.39. The van der Waals surface area contributed by atoms with Crippen molar-refractivity contribution in [3.05, 3.63) is 270 Å². The third-order valence-electron chi connectivity index (χ3n) is 17.6. The molecular weight excluding hydrogens is 1410 g/mol. The van der Waals surface area contributed by atoms with Crippen LogP contribution in [0.2, 0.25) is 0 Å². The number of carbonyl (C=O) groups is 2. The van der Waals surface area contributed by atoms with E-state index >= 15 is 9.18 Å². The van der Waals surface area contributed by atoms with E-state index in [0.717, 1.165) is 52.1 Å². The average molecular weight is 1500 g/mol. The van der Waals surface area contributed by atoms with Crippen molar-refractivity contribution in [2.75, 3.05) is 66.6 Å². The van der Waals surface area contributed by atoms with Gasteiger partial charge in [-0.3, -0.25) is 19.2 Å². The number of halogens is 10. The molecule has 105 heavy (non-hydrogen) atoms. The summed E-state index contributed by atoms with van der Waals surface area (Å²) >= 11 is 1.52. The summed E-state index contributed by atoms with van der Waals surface area (Å²) in [6.07, 6.45) is -8.58. The fourth-order valence-electron chi connectivity index (χ4n) is 12.0. The van der Waals surface area contributed by atoms with Gasteiger partial charge in [0.15, 0.2) is 34.1 Å². The van der Waals surface area contributed by atoms with Crippen molar-refractivity contribution in [3.63, 3.8) is 0 Å².